The maximum absolute atomic E-state index is 14.6. The SMILES string of the molecule is CCN1C[C@H](C)C[C@@](C)(OC)[C@H](OC2OC(C)CC(N(C)C)C2OC(=O)c2ccccc2)[C@@H](C)C(=O)C(C)(C)C(=O)OC[C@H]1CC1CCN(CCOC)CC1. The Labute approximate surface area is 330 Å². The minimum atomic E-state index is -1.46. The van der Waals surface area contributed by atoms with Gasteiger partial charge in [0.05, 0.1) is 36.0 Å². The fourth-order valence-corrected chi connectivity index (χ4v) is 9.01. The number of Topliss-reactive ketones (excluding diaryl/α,β-unsaturated/α-hetero) is 1. The molecule has 0 N–H and O–H groups in total. The van der Waals surface area contributed by atoms with Crippen LogP contribution in [0, 0.1) is 23.2 Å². The number of likely N-dealkylation sites (tertiary alicyclic amines) is 1. The number of nitrogens with zero attached hydrogens (tertiary/aromatic N) is 3. The number of likely N-dealkylation sites (N-methyl/N-ethyl adjacent to an activating group) is 2. The summed E-state index contributed by atoms with van der Waals surface area (Å²) in [5.74, 6) is -1.53. The third-order valence-electron chi connectivity index (χ3n) is 12.4. The lowest BCUT2D eigenvalue weighted by atomic mass is 9.74. The Hall–Kier alpha value is -2.45. The number of piperidine rings is 1. The lowest BCUT2D eigenvalue weighted by molar-refractivity contribution is -0.295. The largest absolute Gasteiger partial charge is 0.463 e. The van der Waals surface area contributed by atoms with E-state index < -0.39 is 47.4 Å². The van der Waals surface area contributed by atoms with E-state index >= 15 is 0 Å². The molecule has 3 heterocycles. The number of carbonyl (C=O) groups is 3. The first kappa shape index (κ1) is 45.3. The molecular weight excluding hydrogens is 702 g/mol. The Kier molecular flexibility index (Phi) is 16.7. The summed E-state index contributed by atoms with van der Waals surface area (Å²) in [6.45, 7) is 18.9. The molecule has 4 unspecified atom stereocenters. The van der Waals surface area contributed by atoms with Crippen LogP contribution in [0.25, 0.3) is 0 Å². The van der Waals surface area contributed by atoms with Gasteiger partial charge in [0.25, 0.3) is 0 Å². The Morgan fingerprint density at radius 3 is 2.29 bits per heavy atom. The van der Waals surface area contributed by atoms with E-state index in [1.54, 1.807) is 59.3 Å². The van der Waals surface area contributed by atoms with Crippen LogP contribution >= 0.6 is 0 Å². The van der Waals surface area contributed by atoms with Crippen LogP contribution in [0.5, 0.6) is 0 Å². The number of rotatable bonds is 12. The van der Waals surface area contributed by atoms with Gasteiger partial charge < -0.3 is 38.2 Å². The molecule has 4 rings (SSSR count). The molecule has 312 valence electrons. The van der Waals surface area contributed by atoms with Crippen molar-refractivity contribution in [1.29, 1.82) is 0 Å². The maximum Gasteiger partial charge on any atom is 0.338 e. The highest BCUT2D eigenvalue weighted by Gasteiger charge is 2.52. The number of carbonyl (C=O) groups excluding carboxylic acids is 3. The van der Waals surface area contributed by atoms with E-state index in [9.17, 15) is 14.4 Å². The van der Waals surface area contributed by atoms with Gasteiger partial charge >= 0.3 is 11.9 Å². The molecule has 0 aromatic heterocycles. The van der Waals surface area contributed by atoms with Crippen molar-refractivity contribution in [2.45, 2.75) is 123 Å². The minimum absolute atomic E-state index is 0.0111. The van der Waals surface area contributed by atoms with E-state index in [4.69, 9.17) is 28.4 Å². The lowest BCUT2D eigenvalue weighted by Crippen LogP contribution is -2.60. The molecule has 3 fully saturated rings. The zero-order valence-corrected chi connectivity index (χ0v) is 35.6. The summed E-state index contributed by atoms with van der Waals surface area (Å²) >= 11 is 0. The second-order valence-corrected chi connectivity index (χ2v) is 17.3. The molecule has 3 aliphatic rings. The van der Waals surface area contributed by atoms with Crippen LogP contribution in [0.3, 0.4) is 0 Å². The summed E-state index contributed by atoms with van der Waals surface area (Å²) < 4.78 is 37.5. The van der Waals surface area contributed by atoms with Crippen LogP contribution in [-0.4, -0.2) is 149 Å². The first-order chi connectivity index (χ1) is 26.0. The van der Waals surface area contributed by atoms with Crippen LogP contribution in [0.15, 0.2) is 30.3 Å². The topological polar surface area (TPSA) is 116 Å². The highest BCUT2D eigenvalue weighted by Crippen LogP contribution is 2.39. The number of hydrogen-bond acceptors (Lipinski definition) is 12. The van der Waals surface area contributed by atoms with Gasteiger partial charge in [0.15, 0.2) is 18.2 Å². The van der Waals surface area contributed by atoms with Crippen LogP contribution in [0.2, 0.25) is 0 Å². The number of hydrogen-bond donors (Lipinski definition) is 0. The van der Waals surface area contributed by atoms with Crippen molar-refractivity contribution in [2.75, 3.05) is 74.3 Å². The summed E-state index contributed by atoms with van der Waals surface area (Å²) in [5.41, 5.74) is -2.03. The standard InChI is InChI=1S/C43H71N3O9/c1-12-46-27-29(2)26-43(7,51-11)38(55-40-36(35(44(8)9)24-30(3)53-40)54-39(48)33-16-14-13-15-17-33)31(4)37(47)42(5,6)41(49)52-28-34(46)25-32-18-20-45(21-19-32)22-23-50-10/h13-17,29-32,34-36,38,40H,12,18-28H2,1-11H3/t29-,30?,31+,34-,35?,36?,38-,40?,43-/m1/s1. The number of ether oxygens (including phenoxy) is 6. The Morgan fingerprint density at radius 1 is 1.02 bits per heavy atom. The maximum atomic E-state index is 14.6. The van der Waals surface area contributed by atoms with Gasteiger partial charge in [-0.25, -0.2) is 4.79 Å². The highest BCUT2D eigenvalue weighted by atomic mass is 16.7. The van der Waals surface area contributed by atoms with Gasteiger partial charge in [0.1, 0.15) is 12.0 Å². The summed E-state index contributed by atoms with van der Waals surface area (Å²) in [5, 5.41) is 0. The molecule has 3 saturated heterocycles. The molecule has 55 heavy (non-hydrogen) atoms. The van der Waals surface area contributed by atoms with E-state index in [0.29, 0.717) is 24.3 Å². The average Bonchev–Trinajstić information content (AvgIpc) is 3.17. The molecule has 0 amide bonds. The summed E-state index contributed by atoms with van der Waals surface area (Å²) in [6.07, 6.45) is 1.33. The van der Waals surface area contributed by atoms with Crippen LogP contribution in [-0.2, 0) is 38.0 Å². The lowest BCUT2D eigenvalue weighted by Gasteiger charge is -2.48. The van der Waals surface area contributed by atoms with Crippen molar-refractivity contribution in [1.82, 2.24) is 14.7 Å². The third-order valence-corrected chi connectivity index (χ3v) is 12.4. The second kappa shape index (κ2) is 20.3. The fraction of sp³-hybridized carbons (Fsp3) is 0.791. The molecule has 1 aromatic rings. The molecule has 0 bridgehead atoms. The number of cyclic esters (lactones) is 1. The van der Waals surface area contributed by atoms with Gasteiger partial charge in [-0.15, -0.1) is 0 Å². The number of esters is 2. The molecule has 0 spiro atoms. The summed E-state index contributed by atoms with van der Waals surface area (Å²) in [4.78, 5) is 49.1. The van der Waals surface area contributed by atoms with Gasteiger partial charge in [-0.05, 0) is 117 Å². The monoisotopic (exact) mass is 774 g/mol. The van der Waals surface area contributed by atoms with Crippen LogP contribution < -0.4 is 0 Å². The summed E-state index contributed by atoms with van der Waals surface area (Å²) in [7, 11) is 7.28. The fourth-order valence-electron chi connectivity index (χ4n) is 9.01. The van der Waals surface area contributed by atoms with E-state index in [1.165, 1.54) is 0 Å². The minimum Gasteiger partial charge on any atom is -0.463 e. The van der Waals surface area contributed by atoms with Crippen molar-refractivity contribution in [3.63, 3.8) is 0 Å². The Morgan fingerprint density at radius 2 is 1.69 bits per heavy atom. The van der Waals surface area contributed by atoms with Crippen molar-refractivity contribution < 1.29 is 42.8 Å². The van der Waals surface area contributed by atoms with Crippen molar-refractivity contribution in [3.8, 4) is 0 Å². The van der Waals surface area contributed by atoms with E-state index in [0.717, 1.165) is 58.6 Å². The van der Waals surface area contributed by atoms with Gasteiger partial charge in [-0.2, -0.15) is 0 Å². The van der Waals surface area contributed by atoms with Gasteiger partial charge in [0.2, 0.25) is 0 Å². The normalized spacial score (nSPS) is 33.7. The zero-order valence-electron chi connectivity index (χ0n) is 35.6. The first-order valence-corrected chi connectivity index (χ1v) is 20.5. The molecule has 12 heteroatoms. The van der Waals surface area contributed by atoms with E-state index in [1.807, 2.05) is 38.9 Å². The molecule has 12 nitrogen and oxygen atoms in total. The van der Waals surface area contributed by atoms with Crippen LogP contribution in [0.4, 0.5) is 0 Å². The third kappa shape index (κ3) is 11.6. The van der Waals surface area contributed by atoms with Crippen molar-refractivity contribution >= 4 is 17.7 Å². The van der Waals surface area contributed by atoms with Crippen molar-refractivity contribution in [3.05, 3.63) is 35.9 Å². The zero-order chi connectivity index (χ0) is 40.5. The second-order valence-electron chi connectivity index (χ2n) is 17.3. The molecule has 0 radical (unpaired) electrons. The average molecular weight is 774 g/mol. The Balaban J connectivity index is 1.66. The van der Waals surface area contributed by atoms with Gasteiger partial charge in [0, 0.05) is 39.3 Å². The molecular formula is C43H71N3O9. The number of benzene rings is 1. The summed E-state index contributed by atoms with van der Waals surface area (Å²) in [6, 6.07) is 8.65. The first-order valence-electron chi connectivity index (χ1n) is 20.5. The van der Waals surface area contributed by atoms with E-state index in [2.05, 4.69) is 23.6 Å². The quantitative estimate of drug-likeness (QED) is 0.202. The van der Waals surface area contributed by atoms with Crippen molar-refractivity contribution in [2.24, 2.45) is 23.2 Å². The number of ketones is 1. The highest BCUT2D eigenvalue weighted by molar-refractivity contribution is 6.04. The predicted octanol–water partition coefficient (Wildman–Crippen LogP) is 5.32. The van der Waals surface area contributed by atoms with Crippen LogP contribution in [0.1, 0.15) is 90.9 Å². The molecule has 1 aromatic carbocycles. The van der Waals surface area contributed by atoms with Gasteiger partial charge in [-0.1, -0.05) is 39.0 Å². The number of methoxy groups -OCH3 is 2. The predicted molar refractivity (Wildman–Crippen MR) is 212 cm³/mol. The van der Waals surface area contributed by atoms with Gasteiger partial charge in [-0.3, -0.25) is 14.5 Å². The molecule has 0 aliphatic carbocycles. The Bertz CT molecular complexity index is 1370. The molecule has 9 atom stereocenters. The smallest absolute Gasteiger partial charge is 0.338 e. The van der Waals surface area contributed by atoms with E-state index in [-0.39, 0.29) is 36.5 Å². The molecule has 0 saturated carbocycles. The molecule has 3 aliphatic heterocycles.